The minimum absolute atomic E-state index is 0. The first-order chi connectivity index (χ1) is 13.8. The predicted octanol–water partition coefficient (Wildman–Crippen LogP) is 4.24. The van der Waals surface area contributed by atoms with Gasteiger partial charge >= 0.3 is 17.9 Å². The molecule has 0 heterocycles. The molecule has 0 saturated heterocycles. The minimum atomic E-state index is -1.11. The van der Waals surface area contributed by atoms with Crippen LogP contribution >= 0.6 is 12.4 Å². The Kier molecular flexibility index (Phi) is 9.32. The van der Waals surface area contributed by atoms with E-state index in [1.54, 1.807) is 0 Å². The summed E-state index contributed by atoms with van der Waals surface area (Å²) in [5, 5.41) is 22.7. The van der Waals surface area contributed by atoms with Crippen LogP contribution in [0.2, 0.25) is 0 Å². The number of halogens is 1. The van der Waals surface area contributed by atoms with Crippen LogP contribution in [0, 0.1) is 6.92 Å². The number of methoxy groups -OCH3 is 1. The van der Waals surface area contributed by atoms with Crippen LogP contribution in [0.5, 0.6) is 0 Å². The van der Waals surface area contributed by atoms with E-state index >= 15 is 0 Å². The number of benzene rings is 3. The van der Waals surface area contributed by atoms with Crippen molar-refractivity contribution in [1.82, 2.24) is 0 Å². The van der Waals surface area contributed by atoms with Gasteiger partial charge in [-0.05, 0) is 36.1 Å². The van der Waals surface area contributed by atoms with Gasteiger partial charge in [0.2, 0.25) is 0 Å². The van der Waals surface area contributed by atoms with E-state index in [2.05, 4.69) is 10.1 Å². The second kappa shape index (κ2) is 11.4. The Morgan fingerprint density at radius 3 is 1.97 bits per heavy atom. The van der Waals surface area contributed by atoms with Crippen molar-refractivity contribution >= 4 is 46.8 Å². The molecule has 0 aliphatic carbocycles. The maximum absolute atomic E-state index is 11.0. The fraction of sp³-hybridized carbons (Fsp3) is 0.136. The molecule has 0 aliphatic heterocycles. The van der Waals surface area contributed by atoms with E-state index in [0.717, 1.165) is 16.5 Å². The Labute approximate surface area is 179 Å². The summed E-state index contributed by atoms with van der Waals surface area (Å²) in [6, 6.07) is 18.2. The summed E-state index contributed by atoms with van der Waals surface area (Å²) in [5.41, 5.74) is 1.28. The van der Waals surface area contributed by atoms with Crippen LogP contribution in [0.15, 0.2) is 60.7 Å². The van der Waals surface area contributed by atoms with Crippen LogP contribution in [0.25, 0.3) is 10.8 Å². The summed E-state index contributed by atoms with van der Waals surface area (Å²) in [7, 11) is 1.38. The number of nitrogens with one attached hydrogen (secondary N) is 1. The fourth-order valence-electron chi connectivity index (χ4n) is 2.72. The number of carboxylic acid groups (broad SMARTS) is 2. The maximum atomic E-state index is 11.0. The molecule has 7 nitrogen and oxygen atoms in total. The number of hydrogen-bond acceptors (Lipinski definition) is 5. The average Bonchev–Trinajstić information content (AvgIpc) is 2.72. The molecule has 3 N–H and O–H groups in total. The number of hydrogen-bond donors (Lipinski definition) is 3. The zero-order valence-corrected chi connectivity index (χ0v) is 17.2. The van der Waals surface area contributed by atoms with Crippen LogP contribution in [0.4, 0.5) is 5.69 Å². The molecule has 0 saturated carbocycles. The van der Waals surface area contributed by atoms with Gasteiger partial charge in [0.25, 0.3) is 0 Å². The molecule has 3 aromatic rings. The SMILES string of the molecule is COC(=O)CNc1cccc2ccccc12.Cc1c(C(=O)O)cccc1C(=O)O.Cl. The zero-order valence-electron chi connectivity index (χ0n) is 16.4. The van der Waals surface area contributed by atoms with Gasteiger partial charge in [-0.15, -0.1) is 12.4 Å². The smallest absolute Gasteiger partial charge is 0.335 e. The average molecular weight is 432 g/mol. The molecule has 158 valence electrons. The number of esters is 1. The van der Waals surface area contributed by atoms with Gasteiger partial charge < -0.3 is 20.3 Å². The topological polar surface area (TPSA) is 113 Å². The van der Waals surface area contributed by atoms with E-state index in [9.17, 15) is 14.4 Å². The minimum Gasteiger partial charge on any atom is -0.478 e. The summed E-state index contributed by atoms with van der Waals surface area (Å²) in [6.07, 6.45) is 0. The normalized spacial score (nSPS) is 9.53. The Hall–Kier alpha value is -3.58. The summed E-state index contributed by atoms with van der Waals surface area (Å²) in [5.74, 6) is -2.49. The predicted molar refractivity (Wildman–Crippen MR) is 117 cm³/mol. The van der Waals surface area contributed by atoms with E-state index in [1.165, 1.54) is 32.2 Å². The van der Waals surface area contributed by atoms with Gasteiger partial charge in [0.1, 0.15) is 6.54 Å². The first-order valence-electron chi connectivity index (χ1n) is 8.69. The summed E-state index contributed by atoms with van der Waals surface area (Å²) in [6.45, 7) is 1.66. The van der Waals surface area contributed by atoms with Crippen molar-refractivity contribution in [3.8, 4) is 0 Å². The highest BCUT2D eigenvalue weighted by Crippen LogP contribution is 2.22. The van der Waals surface area contributed by atoms with Gasteiger partial charge in [0.15, 0.2) is 0 Å². The van der Waals surface area contributed by atoms with Crippen LogP contribution in [0.1, 0.15) is 26.3 Å². The van der Waals surface area contributed by atoms with E-state index in [4.69, 9.17) is 10.2 Å². The molecule has 0 radical (unpaired) electrons. The molecule has 3 aromatic carbocycles. The molecule has 8 heteroatoms. The number of rotatable bonds is 5. The van der Waals surface area contributed by atoms with Gasteiger partial charge in [0, 0.05) is 11.1 Å². The summed E-state index contributed by atoms with van der Waals surface area (Å²) >= 11 is 0. The lowest BCUT2D eigenvalue weighted by Gasteiger charge is -2.08. The molecule has 3 rings (SSSR count). The number of fused-ring (bicyclic) bond motifs is 1. The summed E-state index contributed by atoms with van der Waals surface area (Å²) < 4.78 is 4.58. The molecule has 0 bridgehead atoms. The standard InChI is InChI=1S/C13H13NO2.C9H8O4.ClH/c1-16-13(15)9-14-12-8-4-6-10-5-2-3-7-11(10)12;1-5-6(8(10)11)3-2-4-7(5)9(12)13;/h2-8,14H,9H2,1H3;2-4H,1H3,(H,10,11)(H,12,13);1H. The maximum Gasteiger partial charge on any atom is 0.335 e. The van der Waals surface area contributed by atoms with Crippen molar-refractivity contribution in [3.63, 3.8) is 0 Å². The largest absolute Gasteiger partial charge is 0.478 e. The quantitative estimate of drug-likeness (QED) is 0.518. The molecule has 0 atom stereocenters. The number of carbonyl (C=O) groups is 3. The molecule has 0 unspecified atom stereocenters. The highest BCUT2D eigenvalue weighted by molar-refractivity contribution is 5.96. The van der Waals surface area contributed by atoms with Crippen molar-refractivity contribution in [3.05, 3.63) is 77.4 Å². The van der Waals surface area contributed by atoms with Gasteiger partial charge in [-0.3, -0.25) is 4.79 Å². The lowest BCUT2D eigenvalue weighted by Crippen LogP contribution is -2.14. The lowest BCUT2D eigenvalue weighted by molar-refractivity contribution is -0.138. The third-order valence-electron chi connectivity index (χ3n) is 4.24. The molecule has 0 aliphatic rings. The second-order valence-electron chi connectivity index (χ2n) is 6.04. The van der Waals surface area contributed by atoms with Crippen LogP contribution < -0.4 is 5.32 Å². The molecule has 0 amide bonds. The number of anilines is 1. The molecule has 0 aromatic heterocycles. The number of carbonyl (C=O) groups excluding carboxylic acids is 1. The third-order valence-corrected chi connectivity index (χ3v) is 4.24. The molecule has 0 fully saturated rings. The number of aromatic carboxylic acids is 2. The van der Waals surface area contributed by atoms with E-state index in [0.29, 0.717) is 0 Å². The number of ether oxygens (including phenoxy) is 1. The van der Waals surface area contributed by atoms with Crippen molar-refractivity contribution in [2.75, 3.05) is 19.0 Å². The van der Waals surface area contributed by atoms with Crippen molar-refractivity contribution in [2.24, 2.45) is 0 Å². The van der Waals surface area contributed by atoms with Crippen LogP contribution in [0.3, 0.4) is 0 Å². The first kappa shape index (κ1) is 24.5. The number of carboxylic acids is 2. The molecule has 0 spiro atoms. The molecule has 30 heavy (non-hydrogen) atoms. The highest BCUT2D eigenvalue weighted by Gasteiger charge is 2.13. The molecular formula is C22H22ClNO6. The lowest BCUT2D eigenvalue weighted by atomic mass is 10.0. The first-order valence-corrected chi connectivity index (χ1v) is 8.69. The van der Waals surface area contributed by atoms with Crippen molar-refractivity contribution in [2.45, 2.75) is 6.92 Å². The Morgan fingerprint density at radius 2 is 1.40 bits per heavy atom. The highest BCUT2D eigenvalue weighted by atomic mass is 35.5. The van der Waals surface area contributed by atoms with Gasteiger partial charge in [0.05, 0.1) is 18.2 Å². The Morgan fingerprint density at radius 1 is 0.867 bits per heavy atom. The van der Waals surface area contributed by atoms with E-state index in [-0.39, 0.29) is 41.6 Å². The fourth-order valence-corrected chi connectivity index (χ4v) is 2.72. The summed E-state index contributed by atoms with van der Waals surface area (Å²) in [4.78, 5) is 32.2. The van der Waals surface area contributed by atoms with Gasteiger partial charge in [-0.2, -0.15) is 0 Å². The van der Waals surface area contributed by atoms with Crippen LogP contribution in [-0.4, -0.2) is 41.8 Å². The van der Waals surface area contributed by atoms with Gasteiger partial charge in [-0.25, -0.2) is 9.59 Å². The Bertz CT molecular complexity index is 1010. The van der Waals surface area contributed by atoms with Crippen LogP contribution in [-0.2, 0) is 9.53 Å². The molecular weight excluding hydrogens is 410 g/mol. The van der Waals surface area contributed by atoms with Crippen molar-refractivity contribution in [1.29, 1.82) is 0 Å². The van der Waals surface area contributed by atoms with E-state index in [1.807, 2.05) is 42.5 Å². The van der Waals surface area contributed by atoms with Gasteiger partial charge in [-0.1, -0.05) is 42.5 Å². The zero-order chi connectivity index (χ0) is 21.4. The third kappa shape index (κ3) is 6.22. The Balaban J connectivity index is 0.000000297. The van der Waals surface area contributed by atoms with Crippen molar-refractivity contribution < 1.29 is 29.3 Å². The second-order valence-corrected chi connectivity index (χ2v) is 6.04. The van der Waals surface area contributed by atoms with E-state index < -0.39 is 11.9 Å². The monoisotopic (exact) mass is 431 g/mol.